The van der Waals surface area contributed by atoms with Crippen LogP contribution in [0, 0.1) is 17.1 Å². The zero-order chi connectivity index (χ0) is 18.8. The molecular weight excluding hydrogens is 343 g/mol. The third-order valence-electron chi connectivity index (χ3n) is 5.44. The number of piperazine rings is 1. The summed E-state index contributed by atoms with van der Waals surface area (Å²) in [6.45, 7) is 3.53. The molecule has 0 spiro atoms. The zero-order valence-electron chi connectivity index (χ0n) is 15.0. The number of nitriles is 1. The van der Waals surface area contributed by atoms with Crippen LogP contribution in [-0.4, -0.2) is 49.6 Å². The molecule has 0 N–H and O–H groups in total. The maximum atomic E-state index is 13.9. The van der Waals surface area contributed by atoms with Crippen molar-refractivity contribution in [1.82, 2.24) is 4.90 Å². The molecule has 2 fully saturated rings. The van der Waals surface area contributed by atoms with Crippen LogP contribution in [0.3, 0.4) is 0 Å². The summed E-state index contributed by atoms with van der Waals surface area (Å²) >= 11 is 0. The number of halogens is 1. The maximum absolute atomic E-state index is 13.9. The predicted molar refractivity (Wildman–Crippen MR) is 102 cm³/mol. The fourth-order valence-electron chi connectivity index (χ4n) is 4.03. The summed E-state index contributed by atoms with van der Waals surface area (Å²) in [4.78, 5) is 19.0. The highest BCUT2D eigenvalue weighted by atomic mass is 19.1. The minimum absolute atomic E-state index is 0.0955. The van der Waals surface area contributed by atoms with E-state index in [1.54, 1.807) is 12.1 Å². The van der Waals surface area contributed by atoms with Gasteiger partial charge in [0.05, 0.1) is 11.7 Å². The Morgan fingerprint density at radius 1 is 0.963 bits per heavy atom. The van der Waals surface area contributed by atoms with Gasteiger partial charge in [-0.05, 0) is 30.7 Å². The van der Waals surface area contributed by atoms with Crippen molar-refractivity contribution in [3.05, 3.63) is 59.9 Å². The highest BCUT2D eigenvalue weighted by Crippen LogP contribution is 2.27. The Bertz CT molecular complexity index is 871. The van der Waals surface area contributed by atoms with Gasteiger partial charge in [0.15, 0.2) is 0 Å². The summed E-state index contributed by atoms with van der Waals surface area (Å²) in [5.41, 5.74) is 1.68. The third kappa shape index (κ3) is 3.26. The van der Waals surface area contributed by atoms with Gasteiger partial charge in [-0.1, -0.05) is 24.3 Å². The van der Waals surface area contributed by atoms with Crippen LogP contribution in [-0.2, 0) is 4.79 Å². The molecule has 2 saturated heterocycles. The fraction of sp³-hybridized carbons (Fsp3) is 0.333. The van der Waals surface area contributed by atoms with Crippen LogP contribution in [0.25, 0.3) is 0 Å². The largest absolute Gasteiger partial charge is 0.368 e. The van der Waals surface area contributed by atoms with Crippen molar-refractivity contribution in [3.8, 4) is 6.07 Å². The van der Waals surface area contributed by atoms with E-state index in [1.165, 1.54) is 6.07 Å². The van der Waals surface area contributed by atoms with Gasteiger partial charge < -0.3 is 9.80 Å². The quantitative estimate of drug-likeness (QED) is 0.840. The molecule has 2 heterocycles. The van der Waals surface area contributed by atoms with Crippen molar-refractivity contribution in [1.29, 1.82) is 5.26 Å². The summed E-state index contributed by atoms with van der Waals surface area (Å²) in [5, 5.41) is 9.25. The van der Waals surface area contributed by atoms with Crippen LogP contribution in [0.4, 0.5) is 15.8 Å². The van der Waals surface area contributed by atoms with E-state index < -0.39 is 5.82 Å². The minimum Gasteiger partial charge on any atom is -0.368 e. The number of carbonyl (C=O) groups is 1. The normalized spacial score (nSPS) is 20.7. The SMILES string of the molecule is N#Cc1c(F)cccc1N1CCN(C2CCN(c3ccccc3)C2=O)CC1. The standard InChI is InChI=1S/C21H21FN4O/c22-18-7-4-8-19(17(18)15-23)24-11-13-25(14-12-24)20-9-10-26(21(20)27)16-5-2-1-3-6-16/h1-8,20H,9-14H2. The Balaban J connectivity index is 1.43. The van der Waals surface area contributed by atoms with Crippen molar-refractivity contribution in [3.63, 3.8) is 0 Å². The van der Waals surface area contributed by atoms with E-state index in [1.807, 2.05) is 46.2 Å². The topological polar surface area (TPSA) is 50.6 Å². The monoisotopic (exact) mass is 364 g/mol. The molecule has 6 heteroatoms. The van der Waals surface area contributed by atoms with Gasteiger partial charge in [-0.3, -0.25) is 9.69 Å². The number of anilines is 2. The smallest absolute Gasteiger partial charge is 0.244 e. The molecule has 4 rings (SSSR count). The molecule has 0 aromatic heterocycles. The lowest BCUT2D eigenvalue weighted by atomic mass is 10.1. The molecule has 0 aliphatic carbocycles. The number of rotatable bonds is 3. The minimum atomic E-state index is -0.484. The maximum Gasteiger partial charge on any atom is 0.244 e. The molecule has 0 radical (unpaired) electrons. The van der Waals surface area contributed by atoms with Gasteiger partial charge in [0.2, 0.25) is 5.91 Å². The van der Waals surface area contributed by atoms with Gasteiger partial charge in [0.1, 0.15) is 17.4 Å². The zero-order valence-corrected chi connectivity index (χ0v) is 15.0. The predicted octanol–water partition coefficient (Wildman–Crippen LogP) is 2.62. The second kappa shape index (κ2) is 7.37. The lowest BCUT2D eigenvalue weighted by Crippen LogP contribution is -2.52. The molecule has 2 aromatic carbocycles. The van der Waals surface area contributed by atoms with E-state index in [0.717, 1.165) is 31.7 Å². The van der Waals surface area contributed by atoms with E-state index in [4.69, 9.17) is 0 Å². The van der Waals surface area contributed by atoms with Crippen LogP contribution < -0.4 is 9.80 Å². The molecule has 1 atom stereocenters. The number of carbonyl (C=O) groups excluding carboxylic acids is 1. The first kappa shape index (κ1) is 17.5. The van der Waals surface area contributed by atoms with Crippen molar-refractivity contribution in [2.45, 2.75) is 12.5 Å². The lowest BCUT2D eigenvalue weighted by Gasteiger charge is -2.38. The van der Waals surface area contributed by atoms with Crippen LogP contribution in [0.5, 0.6) is 0 Å². The fourth-order valence-corrected chi connectivity index (χ4v) is 4.03. The van der Waals surface area contributed by atoms with Gasteiger partial charge in [-0.15, -0.1) is 0 Å². The van der Waals surface area contributed by atoms with E-state index in [-0.39, 0.29) is 17.5 Å². The molecular formula is C21H21FN4O. The average Bonchev–Trinajstić information content (AvgIpc) is 3.10. The number of hydrogen-bond donors (Lipinski definition) is 0. The van der Waals surface area contributed by atoms with Crippen molar-refractivity contribution >= 4 is 17.3 Å². The number of nitrogens with zero attached hydrogens (tertiary/aromatic N) is 4. The summed E-state index contributed by atoms with van der Waals surface area (Å²) in [5.74, 6) is -0.333. The Labute approximate surface area is 158 Å². The Morgan fingerprint density at radius 3 is 2.41 bits per heavy atom. The van der Waals surface area contributed by atoms with E-state index in [0.29, 0.717) is 18.8 Å². The van der Waals surface area contributed by atoms with Crippen LogP contribution in [0.2, 0.25) is 0 Å². The van der Waals surface area contributed by atoms with E-state index in [9.17, 15) is 14.4 Å². The van der Waals surface area contributed by atoms with E-state index >= 15 is 0 Å². The van der Waals surface area contributed by atoms with E-state index in [2.05, 4.69) is 4.90 Å². The Morgan fingerprint density at radius 2 is 1.70 bits per heavy atom. The molecule has 0 saturated carbocycles. The highest BCUT2D eigenvalue weighted by molar-refractivity contribution is 5.99. The van der Waals surface area contributed by atoms with Crippen LogP contribution in [0.15, 0.2) is 48.5 Å². The van der Waals surface area contributed by atoms with Crippen molar-refractivity contribution in [2.75, 3.05) is 42.5 Å². The molecule has 1 unspecified atom stereocenters. The summed E-state index contributed by atoms with van der Waals surface area (Å²) in [7, 11) is 0. The van der Waals surface area contributed by atoms with Gasteiger partial charge in [0, 0.05) is 38.4 Å². The lowest BCUT2D eigenvalue weighted by molar-refractivity contribution is -0.121. The number of para-hydroxylation sites is 1. The van der Waals surface area contributed by atoms with Crippen molar-refractivity contribution in [2.24, 2.45) is 0 Å². The molecule has 1 amide bonds. The van der Waals surface area contributed by atoms with Gasteiger partial charge in [-0.2, -0.15) is 5.26 Å². The number of amides is 1. The summed E-state index contributed by atoms with van der Waals surface area (Å²) in [6, 6.07) is 16.4. The molecule has 2 aromatic rings. The molecule has 138 valence electrons. The first-order valence-corrected chi connectivity index (χ1v) is 9.23. The molecule has 5 nitrogen and oxygen atoms in total. The van der Waals surface area contributed by atoms with Crippen LogP contribution >= 0.6 is 0 Å². The van der Waals surface area contributed by atoms with Gasteiger partial charge in [-0.25, -0.2) is 4.39 Å². The summed E-state index contributed by atoms with van der Waals surface area (Å²) in [6.07, 6.45) is 0.817. The number of benzene rings is 2. The molecule has 27 heavy (non-hydrogen) atoms. The first-order valence-electron chi connectivity index (χ1n) is 9.23. The molecule has 2 aliphatic heterocycles. The van der Waals surface area contributed by atoms with Gasteiger partial charge in [0.25, 0.3) is 0 Å². The average molecular weight is 364 g/mol. The summed E-state index contributed by atoms with van der Waals surface area (Å²) < 4.78 is 13.9. The Hall–Kier alpha value is -2.91. The van der Waals surface area contributed by atoms with Gasteiger partial charge >= 0.3 is 0 Å². The van der Waals surface area contributed by atoms with Crippen LogP contribution in [0.1, 0.15) is 12.0 Å². The van der Waals surface area contributed by atoms with Crippen molar-refractivity contribution < 1.29 is 9.18 Å². The second-order valence-corrected chi connectivity index (χ2v) is 6.90. The second-order valence-electron chi connectivity index (χ2n) is 6.90. The first-order chi connectivity index (χ1) is 13.2. The Kier molecular flexibility index (Phi) is 4.78. The number of hydrogen-bond acceptors (Lipinski definition) is 4. The molecule has 0 bridgehead atoms. The third-order valence-corrected chi connectivity index (χ3v) is 5.44. The highest BCUT2D eigenvalue weighted by Gasteiger charge is 2.37. The molecule has 2 aliphatic rings.